The number of esters is 2. The summed E-state index contributed by atoms with van der Waals surface area (Å²) in [6.45, 7) is 8.41. The minimum Gasteiger partial charge on any atom is -0.493 e. The van der Waals surface area contributed by atoms with Gasteiger partial charge < -0.3 is 18.9 Å². The monoisotopic (exact) mass is 537 g/mol. The average molecular weight is 538 g/mol. The lowest BCUT2D eigenvalue weighted by molar-refractivity contribution is -0.158. The number of Topliss-reactive ketones (excluding diaryl/α,β-unsaturated/α-hetero) is 1. The van der Waals surface area contributed by atoms with Crippen LogP contribution in [0.4, 0.5) is 4.39 Å². The van der Waals surface area contributed by atoms with E-state index in [1.165, 1.54) is 44.5 Å². The normalized spacial score (nSPS) is 13.4. The largest absolute Gasteiger partial charge is 0.493 e. The van der Waals surface area contributed by atoms with Gasteiger partial charge in [-0.15, -0.1) is 0 Å². The zero-order chi connectivity index (χ0) is 27.7. The smallest absolute Gasteiger partial charge is 0.309 e. The van der Waals surface area contributed by atoms with Crippen LogP contribution in [0.3, 0.4) is 0 Å². The number of rotatable bonds is 13. The molecule has 37 heavy (non-hydrogen) atoms. The van der Waals surface area contributed by atoms with Crippen molar-refractivity contribution in [1.82, 2.24) is 4.98 Å². The first-order chi connectivity index (χ1) is 17.5. The zero-order valence-corrected chi connectivity index (χ0v) is 22.6. The molecular weight excluding hydrogens is 505 g/mol. The summed E-state index contributed by atoms with van der Waals surface area (Å²) in [4.78, 5) is 41.4. The molecule has 8 nitrogen and oxygen atoms in total. The molecule has 0 bridgehead atoms. The van der Waals surface area contributed by atoms with Gasteiger partial charge in [0.05, 0.1) is 13.0 Å². The minimum absolute atomic E-state index is 0.00838. The van der Waals surface area contributed by atoms with E-state index < -0.39 is 41.7 Å². The van der Waals surface area contributed by atoms with Crippen LogP contribution >= 0.6 is 11.6 Å². The molecule has 0 saturated carbocycles. The molecule has 0 spiro atoms. The quantitative estimate of drug-likeness (QED) is 0.232. The lowest BCUT2D eigenvalue weighted by Crippen LogP contribution is -2.40. The summed E-state index contributed by atoms with van der Waals surface area (Å²) >= 11 is 5.97. The Morgan fingerprint density at radius 2 is 1.78 bits per heavy atom. The number of hydrogen-bond acceptors (Lipinski definition) is 8. The summed E-state index contributed by atoms with van der Waals surface area (Å²) in [7, 11) is 1.37. The maximum atomic E-state index is 13.8. The topological polar surface area (TPSA) is 101 Å². The molecule has 0 saturated heterocycles. The Kier molecular flexibility index (Phi) is 11.3. The molecule has 0 unspecified atom stereocenters. The fraction of sp³-hybridized carbons (Fsp3) is 0.481. The number of carbonyl (C=O) groups is 3. The molecule has 2 rings (SSSR count). The van der Waals surface area contributed by atoms with E-state index in [1.54, 1.807) is 13.8 Å². The molecule has 1 aromatic heterocycles. The summed E-state index contributed by atoms with van der Waals surface area (Å²) in [6.07, 6.45) is 1.30. The minimum atomic E-state index is -0.834. The van der Waals surface area contributed by atoms with Crippen molar-refractivity contribution in [3.8, 4) is 17.2 Å². The second-order valence-corrected chi connectivity index (χ2v) is 9.16. The predicted octanol–water partition coefficient (Wildman–Crippen LogP) is 5.83. The fourth-order valence-corrected chi connectivity index (χ4v) is 4.15. The molecule has 0 amide bonds. The maximum absolute atomic E-state index is 13.8. The Bertz CT molecular complexity index is 1090. The lowest BCUT2D eigenvalue weighted by atomic mass is 9.92. The van der Waals surface area contributed by atoms with Crippen molar-refractivity contribution in [1.29, 1.82) is 0 Å². The van der Waals surface area contributed by atoms with E-state index in [-0.39, 0.29) is 40.3 Å². The number of nitrogens with zero attached hydrogens (tertiary/aromatic N) is 1. The van der Waals surface area contributed by atoms with Gasteiger partial charge in [0, 0.05) is 36.7 Å². The molecule has 202 valence electrons. The van der Waals surface area contributed by atoms with Crippen molar-refractivity contribution in [2.24, 2.45) is 11.8 Å². The molecule has 3 atom stereocenters. The maximum Gasteiger partial charge on any atom is 0.309 e. The van der Waals surface area contributed by atoms with Crippen molar-refractivity contribution < 1.29 is 37.7 Å². The van der Waals surface area contributed by atoms with Gasteiger partial charge in [-0.05, 0) is 37.8 Å². The molecule has 0 aliphatic heterocycles. The second-order valence-electron chi connectivity index (χ2n) is 8.72. The first kappa shape index (κ1) is 30.0. The van der Waals surface area contributed by atoms with Gasteiger partial charge in [0.15, 0.2) is 17.2 Å². The highest BCUT2D eigenvalue weighted by Crippen LogP contribution is 2.32. The number of pyridine rings is 1. The Morgan fingerprint density at radius 3 is 2.35 bits per heavy atom. The van der Waals surface area contributed by atoms with Gasteiger partial charge in [-0.25, -0.2) is 9.37 Å². The van der Waals surface area contributed by atoms with Gasteiger partial charge in [0.25, 0.3) is 0 Å². The van der Waals surface area contributed by atoms with Gasteiger partial charge in [-0.1, -0.05) is 32.4 Å². The number of aromatic nitrogens is 1. The molecule has 0 fully saturated rings. The second kappa shape index (κ2) is 13.9. The van der Waals surface area contributed by atoms with E-state index in [0.29, 0.717) is 0 Å². The van der Waals surface area contributed by atoms with Gasteiger partial charge in [-0.3, -0.25) is 14.4 Å². The Labute approximate surface area is 221 Å². The molecule has 2 aromatic rings. The van der Waals surface area contributed by atoms with Crippen LogP contribution in [0.1, 0.15) is 64.4 Å². The van der Waals surface area contributed by atoms with Crippen molar-refractivity contribution in [2.45, 2.75) is 66.1 Å². The first-order valence-electron chi connectivity index (χ1n) is 12.1. The van der Waals surface area contributed by atoms with Crippen LogP contribution in [0.2, 0.25) is 5.02 Å². The van der Waals surface area contributed by atoms with E-state index in [1.807, 2.05) is 13.8 Å². The summed E-state index contributed by atoms with van der Waals surface area (Å²) in [5.74, 6) is -2.85. The van der Waals surface area contributed by atoms with Crippen LogP contribution in [0.25, 0.3) is 0 Å². The van der Waals surface area contributed by atoms with Crippen molar-refractivity contribution in [3.63, 3.8) is 0 Å². The number of halogens is 2. The van der Waals surface area contributed by atoms with Crippen LogP contribution in [-0.4, -0.2) is 42.0 Å². The van der Waals surface area contributed by atoms with E-state index >= 15 is 0 Å². The van der Waals surface area contributed by atoms with Crippen LogP contribution in [0, 0.1) is 17.7 Å². The van der Waals surface area contributed by atoms with Gasteiger partial charge in [0.2, 0.25) is 5.75 Å². The molecule has 0 N–H and O–H groups in total. The number of ether oxygens (including phenoxy) is 4. The summed E-state index contributed by atoms with van der Waals surface area (Å²) in [6, 6.07) is 5.35. The van der Waals surface area contributed by atoms with Gasteiger partial charge in [-0.2, -0.15) is 0 Å². The van der Waals surface area contributed by atoms with E-state index in [9.17, 15) is 18.8 Å². The fourth-order valence-electron chi connectivity index (χ4n) is 3.94. The van der Waals surface area contributed by atoms with Crippen molar-refractivity contribution in [3.05, 3.63) is 47.0 Å². The van der Waals surface area contributed by atoms with E-state index in [4.69, 9.17) is 30.5 Å². The molecule has 10 heteroatoms. The number of hydrogen-bond donors (Lipinski definition) is 0. The summed E-state index contributed by atoms with van der Waals surface area (Å²) in [5, 5.41) is 0.189. The lowest BCUT2D eigenvalue weighted by Gasteiger charge is -2.31. The average Bonchev–Trinajstić information content (AvgIpc) is 2.83. The third kappa shape index (κ3) is 8.42. The Hall–Kier alpha value is -3.20. The first-order valence-corrected chi connectivity index (χ1v) is 12.5. The van der Waals surface area contributed by atoms with Crippen molar-refractivity contribution in [2.75, 3.05) is 7.11 Å². The predicted molar refractivity (Wildman–Crippen MR) is 136 cm³/mol. The standard InChI is InChI=1S/C27H33ClFNO7/c1-7-18(8-2)25(37-21-13-19(28)12-20(29)14-21)16(4)35-27(33)15(3)11-22(32)24-26(36-17(5)31)23(34-6)9-10-30-24/h9-10,12-16,18,25H,7-8,11H2,1-6H3/t15-,16+,25-/m1/s1. The molecule has 1 heterocycles. The summed E-state index contributed by atoms with van der Waals surface area (Å²) in [5.41, 5.74) is -0.122. The highest BCUT2D eigenvalue weighted by atomic mass is 35.5. The van der Waals surface area contributed by atoms with Crippen LogP contribution < -0.4 is 14.2 Å². The zero-order valence-electron chi connectivity index (χ0n) is 21.9. The van der Waals surface area contributed by atoms with Gasteiger partial charge in [0.1, 0.15) is 23.8 Å². The Balaban J connectivity index is 2.17. The number of carbonyl (C=O) groups excluding carboxylic acids is 3. The highest BCUT2D eigenvalue weighted by Gasteiger charge is 2.32. The summed E-state index contributed by atoms with van der Waals surface area (Å²) < 4.78 is 35.9. The van der Waals surface area contributed by atoms with Gasteiger partial charge >= 0.3 is 11.9 Å². The Morgan fingerprint density at radius 1 is 1.11 bits per heavy atom. The highest BCUT2D eigenvalue weighted by molar-refractivity contribution is 6.30. The van der Waals surface area contributed by atoms with E-state index in [0.717, 1.165) is 12.8 Å². The van der Waals surface area contributed by atoms with Crippen LogP contribution in [0.5, 0.6) is 17.2 Å². The third-order valence-corrected chi connectivity index (χ3v) is 6.10. The molecule has 0 aliphatic rings. The van der Waals surface area contributed by atoms with Crippen molar-refractivity contribution >= 4 is 29.3 Å². The molecule has 0 aliphatic carbocycles. The molecule has 1 aromatic carbocycles. The number of ketones is 1. The number of methoxy groups -OCH3 is 1. The molecular formula is C27H33ClFNO7. The third-order valence-electron chi connectivity index (χ3n) is 5.88. The van der Waals surface area contributed by atoms with Crippen LogP contribution in [-0.2, 0) is 14.3 Å². The number of benzene rings is 1. The SMILES string of the molecule is CCC(CC)[C@H](Oc1cc(F)cc(Cl)c1)[C@H](C)OC(=O)[C@H](C)CC(=O)c1nccc(OC)c1OC(C)=O. The van der Waals surface area contributed by atoms with Crippen LogP contribution in [0.15, 0.2) is 30.5 Å². The molecule has 0 radical (unpaired) electrons. The van der Waals surface area contributed by atoms with E-state index in [2.05, 4.69) is 4.98 Å².